The van der Waals surface area contributed by atoms with E-state index in [4.69, 9.17) is 6.42 Å². The molecule has 0 saturated heterocycles. The van der Waals surface area contributed by atoms with E-state index >= 15 is 0 Å². The second-order valence-corrected chi connectivity index (χ2v) is 5.25. The van der Waals surface area contributed by atoms with Crippen molar-refractivity contribution in [3.63, 3.8) is 0 Å². The molecule has 1 aromatic carbocycles. The van der Waals surface area contributed by atoms with Gasteiger partial charge in [-0.15, -0.1) is 6.42 Å². The van der Waals surface area contributed by atoms with Gasteiger partial charge in [-0.1, -0.05) is 12.8 Å². The summed E-state index contributed by atoms with van der Waals surface area (Å²) < 4.78 is 26.0. The molecular weight excluding hydrogens is 236 g/mol. The Morgan fingerprint density at radius 1 is 1.29 bits per heavy atom. The summed E-state index contributed by atoms with van der Waals surface area (Å²) in [4.78, 5) is 0.261. The molecule has 0 radical (unpaired) electrons. The second kappa shape index (κ2) is 6.28. The fourth-order valence-electron chi connectivity index (χ4n) is 1.22. The van der Waals surface area contributed by atoms with Gasteiger partial charge in [0.25, 0.3) is 0 Å². The smallest absolute Gasteiger partial charge is 0.240 e. The van der Waals surface area contributed by atoms with Crippen LogP contribution in [0.5, 0.6) is 0 Å². The van der Waals surface area contributed by atoms with Crippen molar-refractivity contribution in [1.82, 2.24) is 4.72 Å². The van der Waals surface area contributed by atoms with E-state index in [0.29, 0.717) is 13.1 Å². The summed E-state index contributed by atoms with van der Waals surface area (Å²) in [7, 11) is -3.38. The zero-order valence-corrected chi connectivity index (χ0v) is 10.5. The van der Waals surface area contributed by atoms with E-state index in [1.165, 1.54) is 0 Å². The van der Waals surface area contributed by atoms with Gasteiger partial charge in [-0.05, 0) is 30.7 Å². The fourth-order valence-corrected chi connectivity index (χ4v) is 2.36. The minimum absolute atomic E-state index is 0.261. The molecular formula is C12H16N2O2S. The largest absolute Gasteiger partial charge is 0.374 e. The lowest BCUT2D eigenvalue weighted by Crippen LogP contribution is -2.24. The van der Waals surface area contributed by atoms with Gasteiger partial charge in [0.05, 0.1) is 11.4 Å². The molecule has 0 bridgehead atoms. The molecule has 0 aliphatic heterocycles. The summed E-state index contributed by atoms with van der Waals surface area (Å²) in [5, 5.41) is 2.96. The number of terminal acetylenes is 1. The average molecular weight is 252 g/mol. The van der Waals surface area contributed by atoms with Crippen molar-refractivity contribution in [2.75, 3.05) is 18.4 Å². The molecule has 0 heterocycles. The maximum Gasteiger partial charge on any atom is 0.240 e. The molecule has 0 spiro atoms. The van der Waals surface area contributed by atoms with Crippen LogP contribution in [0, 0.1) is 12.3 Å². The van der Waals surface area contributed by atoms with Gasteiger partial charge in [0.2, 0.25) is 10.0 Å². The van der Waals surface area contributed by atoms with Crippen molar-refractivity contribution >= 4 is 15.7 Å². The summed E-state index contributed by atoms with van der Waals surface area (Å²) in [6, 6.07) is 6.49. The van der Waals surface area contributed by atoms with Gasteiger partial charge in [-0.3, -0.25) is 0 Å². The van der Waals surface area contributed by atoms with Gasteiger partial charge in [0, 0.05) is 12.2 Å². The number of hydrogen-bond donors (Lipinski definition) is 2. The molecule has 0 amide bonds. The van der Waals surface area contributed by atoms with Gasteiger partial charge < -0.3 is 5.32 Å². The van der Waals surface area contributed by atoms with Gasteiger partial charge in [-0.25, -0.2) is 13.1 Å². The molecule has 17 heavy (non-hydrogen) atoms. The molecule has 0 fully saturated rings. The SMILES string of the molecule is C#CCNc1ccc(S(=O)(=O)NCCC)cc1. The zero-order valence-electron chi connectivity index (χ0n) is 9.73. The number of anilines is 1. The maximum atomic E-state index is 11.8. The molecule has 0 saturated carbocycles. The molecule has 92 valence electrons. The molecule has 5 heteroatoms. The molecule has 0 aliphatic rings. The summed E-state index contributed by atoms with van der Waals surface area (Å²) >= 11 is 0. The van der Waals surface area contributed by atoms with Crippen molar-refractivity contribution in [2.45, 2.75) is 18.2 Å². The van der Waals surface area contributed by atoms with Crippen LogP contribution in [0.1, 0.15) is 13.3 Å². The van der Waals surface area contributed by atoms with E-state index in [2.05, 4.69) is 16.0 Å². The quantitative estimate of drug-likeness (QED) is 0.753. The third kappa shape index (κ3) is 4.10. The van der Waals surface area contributed by atoms with Crippen molar-refractivity contribution in [3.8, 4) is 12.3 Å². The van der Waals surface area contributed by atoms with Crippen LogP contribution in [0.15, 0.2) is 29.2 Å². The first kappa shape index (κ1) is 13.6. The lowest BCUT2D eigenvalue weighted by atomic mass is 10.3. The first-order valence-corrected chi connectivity index (χ1v) is 6.85. The number of sulfonamides is 1. The predicted molar refractivity (Wildman–Crippen MR) is 69.2 cm³/mol. The summed E-state index contributed by atoms with van der Waals surface area (Å²) in [6.07, 6.45) is 5.88. The second-order valence-electron chi connectivity index (χ2n) is 3.48. The summed E-state index contributed by atoms with van der Waals surface area (Å²) in [6.45, 7) is 2.77. The van der Waals surface area contributed by atoms with Gasteiger partial charge in [-0.2, -0.15) is 0 Å². The van der Waals surface area contributed by atoms with Crippen LogP contribution in [0.25, 0.3) is 0 Å². The van der Waals surface area contributed by atoms with Crippen molar-refractivity contribution in [2.24, 2.45) is 0 Å². The zero-order chi connectivity index (χ0) is 12.7. The number of rotatable bonds is 6. The van der Waals surface area contributed by atoms with Gasteiger partial charge in [0.1, 0.15) is 0 Å². The average Bonchev–Trinajstić information content (AvgIpc) is 2.34. The van der Waals surface area contributed by atoms with Crippen LogP contribution >= 0.6 is 0 Å². The Balaban J connectivity index is 2.77. The highest BCUT2D eigenvalue weighted by Gasteiger charge is 2.11. The Labute approximate surface area is 102 Å². The molecule has 4 nitrogen and oxygen atoms in total. The minimum Gasteiger partial charge on any atom is -0.374 e. The highest BCUT2D eigenvalue weighted by Crippen LogP contribution is 2.13. The molecule has 0 unspecified atom stereocenters. The van der Waals surface area contributed by atoms with Gasteiger partial charge >= 0.3 is 0 Å². The number of benzene rings is 1. The van der Waals surface area contributed by atoms with Crippen LogP contribution in [0.3, 0.4) is 0 Å². The number of hydrogen-bond acceptors (Lipinski definition) is 3. The Bertz CT molecular complexity index is 486. The first-order chi connectivity index (χ1) is 8.10. The van der Waals surface area contributed by atoms with Gasteiger partial charge in [0.15, 0.2) is 0 Å². The van der Waals surface area contributed by atoms with Crippen LogP contribution in [0.2, 0.25) is 0 Å². The lowest BCUT2D eigenvalue weighted by Gasteiger charge is -2.07. The fraction of sp³-hybridized carbons (Fsp3) is 0.333. The Morgan fingerprint density at radius 2 is 1.94 bits per heavy atom. The topological polar surface area (TPSA) is 58.2 Å². The van der Waals surface area contributed by atoms with Crippen LogP contribution < -0.4 is 10.0 Å². The monoisotopic (exact) mass is 252 g/mol. The first-order valence-electron chi connectivity index (χ1n) is 5.37. The third-order valence-corrected chi connectivity index (χ3v) is 3.58. The molecule has 0 atom stereocenters. The Hall–Kier alpha value is -1.51. The van der Waals surface area contributed by atoms with Crippen LogP contribution in [-0.2, 0) is 10.0 Å². The third-order valence-electron chi connectivity index (χ3n) is 2.10. The summed E-state index contributed by atoms with van der Waals surface area (Å²) in [5.74, 6) is 2.45. The van der Waals surface area contributed by atoms with Crippen LogP contribution in [0.4, 0.5) is 5.69 Å². The van der Waals surface area contributed by atoms with E-state index in [0.717, 1.165) is 12.1 Å². The van der Waals surface area contributed by atoms with E-state index in [1.54, 1.807) is 24.3 Å². The lowest BCUT2D eigenvalue weighted by molar-refractivity contribution is 0.581. The van der Waals surface area contributed by atoms with E-state index in [1.807, 2.05) is 6.92 Å². The highest BCUT2D eigenvalue weighted by molar-refractivity contribution is 7.89. The number of nitrogens with one attached hydrogen (secondary N) is 2. The highest BCUT2D eigenvalue weighted by atomic mass is 32.2. The molecule has 0 aromatic heterocycles. The minimum atomic E-state index is -3.38. The summed E-state index contributed by atoms with van der Waals surface area (Å²) in [5.41, 5.74) is 0.803. The molecule has 2 N–H and O–H groups in total. The molecule has 1 rings (SSSR count). The van der Waals surface area contributed by atoms with Crippen molar-refractivity contribution < 1.29 is 8.42 Å². The van der Waals surface area contributed by atoms with E-state index in [9.17, 15) is 8.42 Å². The van der Waals surface area contributed by atoms with Crippen molar-refractivity contribution in [1.29, 1.82) is 0 Å². The predicted octanol–water partition coefficient (Wildman–Crippen LogP) is 1.42. The Morgan fingerprint density at radius 3 is 2.47 bits per heavy atom. The van der Waals surface area contributed by atoms with E-state index in [-0.39, 0.29) is 4.90 Å². The van der Waals surface area contributed by atoms with Crippen molar-refractivity contribution in [3.05, 3.63) is 24.3 Å². The molecule has 0 aliphatic carbocycles. The molecule has 1 aromatic rings. The maximum absolute atomic E-state index is 11.8. The van der Waals surface area contributed by atoms with E-state index < -0.39 is 10.0 Å². The normalized spacial score (nSPS) is 10.8. The Kier molecular flexibility index (Phi) is 5.01. The van der Waals surface area contributed by atoms with Crippen LogP contribution in [-0.4, -0.2) is 21.5 Å². The standard InChI is InChI=1S/C12H16N2O2S/c1-3-9-13-11-5-7-12(8-6-11)17(15,16)14-10-4-2/h1,5-8,13-14H,4,9-10H2,2H3.